The third-order valence-corrected chi connectivity index (χ3v) is 5.00. The van der Waals surface area contributed by atoms with Crippen molar-refractivity contribution < 1.29 is 13.9 Å². The summed E-state index contributed by atoms with van der Waals surface area (Å²) < 4.78 is 18.3. The highest BCUT2D eigenvalue weighted by molar-refractivity contribution is 8.16. The standard InChI is InChI=1S/C16H15ClFN3O2S/c1-8-12(16(22)23-2)13(10-4-3-9(18)7-11(10)17)21-14(20-8)15-19-5-6-24-15/h3-4,7,13H,5-6H2,1-2H3,(H,20,21). The van der Waals surface area contributed by atoms with Crippen LogP contribution < -0.4 is 5.32 Å². The van der Waals surface area contributed by atoms with Crippen molar-refractivity contribution in [2.75, 3.05) is 19.4 Å². The molecular weight excluding hydrogens is 353 g/mol. The number of methoxy groups -OCH3 is 1. The van der Waals surface area contributed by atoms with E-state index in [-0.39, 0.29) is 5.02 Å². The minimum absolute atomic E-state index is 0.209. The lowest BCUT2D eigenvalue weighted by Crippen LogP contribution is -2.35. The van der Waals surface area contributed by atoms with Crippen LogP contribution in [-0.2, 0) is 9.53 Å². The van der Waals surface area contributed by atoms with Crippen molar-refractivity contribution in [1.29, 1.82) is 0 Å². The average molecular weight is 368 g/mol. The van der Waals surface area contributed by atoms with Gasteiger partial charge in [-0.25, -0.2) is 9.18 Å². The zero-order valence-electron chi connectivity index (χ0n) is 13.1. The van der Waals surface area contributed by atoms with Crippen molar-refractivity contribution in [3.05, 3.63) is 45.9 Å². The molecule has 8 heteroatoms. The number of hydrogen-bond acceptors (Lipinski definition) is 6. The summed E-state index contributed by atoms with van der Waals surface area (Å²) in [6, 6.07) is 3.37. The molecule has 3 rings (SSSR count). The number of rotatable bonds is 3. The summed E-state index contributed by atoms with van der Waals surface area (Å²) in [6.45, 7) is 2.50. The number of esters is 1. The molecule has 0 spiro atoms. The van der Waals surface area contributed by atoms with E-state index in [1.165, 1.54) is 25.3 Å². The highest BCUT2D eigenvalue weighted by atomic mass is 35.5. The van der Waals surface area contributed by atoms with Crippen molar-refractivity contribution in [3.63, 3.8) is 0 Å². The lowest BCUT2D eigenvalue weighted by molar-refractivity contribution is -0.136. The molecule has 0 aliphatic carbocycles. The summed E-state index contributed by atoms with van der Waals surface area (Å²) in [5.41, 5.74) is 1.51. The first kappa shape index (κ1) is 17.0. The number of thioether (sulfide) groups is 1. The Balaban J connectivity index is 2.10. The number of carbonyl (C=O) groups is 1. The molecule has 1 atom stereocenters. The molecule has 0 saturated heterocycles. The van der Waals surface area contributed by atoms with E-state index >= 15 is 0 Å². The fourth-order valence-electron chi connectivity index (χ4n) is 2.59. The molecule has 2 aliphatic rings. The van der Waals surface area contributed by atoms with Gasteiger partial charge in [-0.1, -0.05) is 17.7 Å². The predicted molar refractivity (Wildman–Crippen MR) is 94.2 cm³/mol. The van der Waals surface area contributed by atoms with E-state index in [9.17, 15) is 9.18 Å². The Morgan fingerprint density at radius 1 is 1.50 bits per heavy atom. The van der Waals surface area contributed by atoms with Gasteiger partial charge in [0.2, 0.25) is 0 Å². The maximum atomic E-state index is 13.4. The van der Waals surface area contributed by atoms with Crippen LogP contribution in [0, 0.1) is 5.82 Å². The molecular formula is C16H15ClFN3O2S. The second kappa shape index (κ2) is 6.94. The maximum Gasteiger partial charge on any atom is 0.338 e. The summed E-state index contributed by atoms with van der Waals surface area (Å²) in [7, 11) is 1.31. The Bertz CT molecular complexity index is 792. The van der Waals surface area contributed by atoms with E-state index in [4.69, 9.17) is 16.3 Å². The van der Waals surface area contributed by atoms with Crippen LogP contribution >= 0.6 is 23.4 Å². The Morgan fingerprint density at radius 2 is 2.29 bits per heavy atom. The number of allylic oxidation sites excluding steroid dienone is 1. The Hall–Kier alpha value is -1.86. The molecule has 24 heavy (non-hydrogen) atoms. The van der Waals surface area contributed by atoms with Gasteiger partial charge in [-0.15, -0.1) is 11.8 Å². The first-order chi connectivity index (χ1) is 11.5. The van der Waals surface area contributed by atoms with Gasteiger partial charge in [0.1, 0.15) is 16.9 Å². The van der Waals surface area contributed by atoms with Crippen molar-refractivity contribution in [2.45, 2.75) is 13.0 Å². The smallest absolute Gasteiger partial charge is 0.338 e. The number of halogens is 2. The molecule has 2 heterocycles. The molecule has 0 bridgehead atoms. The summed E-state index contributed by atoms with van der Waals surface area (Å²) in [4.78, 5) is 21.2. The molecule has 1 N–H and O–H groups in total. The van der Waals surface area contributed by atoms with Crippen molar-refractivity contribution >= 4 is 40.2 Å². The number of nitrogens with zero attached hydrogens (tertiary/aromatic N) is 2. The second-order valence-corrected chi connectivity index (χ2v) is 6.73. The molecule has 2 aliphatic heterocycles. The van der Waals surface area contributed by atoms with Crippen LogP contribution in [0.15, 0.2) is 39.5 Å². The van der Waals surface area contributed by atoms with Crippen LogP contribution in [0.25, 0.3) is 0 Å². The fraction of sp³-hybridized carbons (Fsp3) is 0.312. The second-order valence-electron chi connectivity index (χ2n) is 5.24. The van der Waals surface area contributed by atoms with Gasteiger partial charge >= 0.3 is 5.97 Å². The molecule has 5 nitrogen and oxygen atoms in total. The van der Waals surface area contributed by atoms with Crippen LogP contribution in [0.2, 0.25) is 5.02 Å². The lowest BCUT2D eigenvalue weighted by atomic mass is 9.96. The molecule has 1 unspecified atom stereocenters. The number of ether oxygens (including phenoxy) is 1. The average Bonchev–Trinajstić information content (AvgIpc) is 3.08. The van der Waals surface area contributed by atoms with E-state index in [2.05, 4.69) is 15.3 Å². The summed E-state index contributed by atoms with van der Waals surface area (Å²) in [5.74, 6) is 0.533. The van der Waals surface area contributed by atoms with E-state index in [0.29, 0.717) is 22.7 Å². The summed E-state index contributed by atoms with van der Waals surface area (Å²) in [5, 5.41) is 4.12. The number of nitrogens with one attached hydrogen (secondary N) is 1. The predicted octanol–water partition coefficient (Wildman–Crippen LogP) is 3.11. The number of aliphatic imine (C=N–C) groups is 2. The van der Waals surface area contributed by atoms with Crippen molar-refractivity contribution in [3.8, 4) is 0 Å². The maximum absolute atomic E-state index is 13.4. The zero-order valence-corrected chi connectivity index (χ0v) is 14.7. The Kier molecular flexibility index (Phi) is 4.91. The van der Waals surface area contributed by atoms with Crippen LogP contribution in [0.4, 0.5) is 4.39 Å². The van der Waals surface area contributed by atoms with Gasteiger partial charge in [0.15, 0.2) is 5.84 Å². The van der Waals surface area contributed by atoms with Crippen molar-refractivity contribution in [1.82, 2.24) is 5.32 Å². The zero-order chi connectivity index (χ0) is 17.3. The highest BCUT2D eigenvalue weighted by Gasteiger charge is 2.33. The van der Waals surface area contributed by atoms with E-state index in [1.807, 2.05) is 0 Å². The first-order valence-corrected chi connectivity index (χ1v) is 8.64. The van der Waals surface area contributed by atoms with Gasteiger partial charge in [-0.2, -0.15) is 0 Å². The third-order valence-electron chi connectivity index (χ3n) is 3.69. The van der Waals surface area contributed by atoms with Gasteiger partial charge in [-0.3, -0.25) is 9.98 Å². The van der Waals surface area contributed by atoms with E-state index < -0.39 is 17.8 Å². The van der Waals surface area contributed by atoms with Crippen LogP contribution in [0.1, 0.15) is 18.5 Å². The number of benzene rings is 1. The Labute approximate surface area is 148 Å². The molecule has 0 saturated carbocycles. The van der Waals surface area contributed by atoms with Gasteiger partial charge in [-0.05, 0) is 19.1 Å². The van der Waals surface area contributed by atoms with Gasteiger partial charge < -0.3 is 10.1 Å². The largest absolute Gasteiger partial charge is 0.466 e. The van der Waals surface area contributed by atoms with Crippen molar-refractivity contribution in [2.24, 2.45) is 9.98 Å². The minimum atomic E-state index is -0.675. The van der Waals surface area contributed by atoms with Crippen LogP contribution in [0.5, 0.6) is 0 Å². The summed E-state index contributed by atoms with van der Waals surface area (Å²) in [6.07, 6.45) is 0. The van der Waals surface area contributed by atoms with Crippen LogP contribution in [-0.4, -0.2) is 36.3 Å². The molecule has 0 aromatic heterocycles. The number of hydrogen-bond donors (Lipinski definition) is 1. The van der Waals surface area contributed by atoms with E-state index in [1.54, 1.807) is 18.7 Å². The molecule has 0 radical (unpaired) electrons. The number of amidine groups is 1. The quantitative estimate of drug-likeness (QED) is 0.834. The minimum Gasteiger partial charge on any atom is -0.466 e. The van der Waals surface area contributed by atoms with Crippen LogP contribution in [0.3, 0.4) is 0 Å². The monoisotopic (exact) mass is 367 g/mol. The molecule has 0 fully saturated rings. The van der Waals surface area contributed by atoms with Gasteiger partial charge in [0.05, 0.1) is 12.7 Å². The Morgan fingerprint density at radius 3 is 2.92 bits per heavy atom. The molecule has 1 aromatic carbocycles. The molecule has 0 amide bonds. The van der Waals surface area contributed by atoms with Gasteiger partial charge in [0.25, 0.3) is 0 Å². The molecule has 126 valence electrons. The van der Waals surface area contributed by atoms with Gasteiger partial charge in [0, 0.05) is 28.6 Å². The topological polar surface area (TPSA) is 63.0 Å². The third kappa shape index (κ3) is 3.18. The number of carbonyl (C=O) groups excluding carboxylic acids is 1. The van der Waals surface area contributed by atoms with E-state index in [0.717, 1.165) is 17.3 Å². The lowest BCUT2D eigenvalue weighted by Gasteiger charge is -2.26. The first-order valence-electron chi connectivity index (χ1n) is 7.27. The molecule has 1 aromatic rings. The summed E-state index contributed by atoms with van der Waals surface area (Å²) >= 11 is 7.79. The SMILES string of the molecule is COC(=O)C1=C(C)NC(C2=NCCS2)=NC1c1ccc(F)cc1Cl. The highest BCUT2D eigenvalue weighted by Crippen LogP contribution is 2.36. The normalized spacial score (nSPS) is 20.4. The fourth-order valence-corrected chi connectivity index (χ4v) is 3.66.